The van der Waals surface area contributed by atoms with Crippen molar-refractivity contribution in [2.24, 2.45) is 0 Å². The molecule has 0 saturated heterocycles. The third kappa shape index (κ3) is 5.23. The fourth-order valence-electron chi connectivity index (χ4n) is 3.26. The molecular formula is C23H23FN2O6S. The summed E-state index contributed by atoms with van der Waals surface area (Å²) in [6, 6.07) is 10.6. The van der Waals surface area contributed by atoms with Crippen LogP contribution in [0.2, 0.25) is 0 Å². The average Bonchev–Trinajstić information content (AvgIpc) is 2.83. The van der Waals surface area contributed by atoms with Crippen LogP contribution < -0.4 is 19.5 Å². The summed E-state index contributed by atoms with van der Waals surface area (Å²) in [4.78, 5) is 16.8. The van der Waals surface area contributed by atoms with E-state index in [2.05, 4.69) is 10.3 Å². The molecule has 0 radical (unpaired) electrons. The number of benzene rings is 2. The first kappa shape index (κ1) is 24.0. The Kier molecular flexibility index (Phi) is 7.49. The predicted octanol–water partition coefficient (Wildman–Crippen LogP) is 3.19. The first-order chi connectivity index (χ1) is 15.8. The van der Waals surface area contributed by atoms with Crippen LogP contribution in [0, 0.1) is 5.82 Å². The number of rotatable bonds is 9. The van der Waals surface area contributed by atoms with Gasteiger partial charge in [0, 0.05) is 24.5 Å². The molecule has 3 aromatic rings. The van der Waals surface area contributed by atoms with E-state index in [1.54, 1.807) is 12.1 Å². The van der Waals surface area contributed by atoms with Crippen LogP contribution in [0.3, 0.4) is 0 Å². The first-order valence-corrected chi connectivity index (χ1v) is 11.3. The SMILES string of the molecule is COc1cc(C(=O)NCC(c2cccnc2)S(=O)(=O)c2ccc(F)cc2)cc(OC)c1OC. The summed E-state index contributed by atoms with van der Waals surface area (Å²) in [5, 5.41) is 1.50. The van der Waals surface area contributed by atoms with Gasteiger partial charge in [-0.2, -0.15) is 0 Å². The smallest absolute Gasteiger partial charge is 0.251 e. The molecule has 0 saturated carbocycles. The van der Waals surface area contributed by atoms with E-state index >= 15 is 0 Å². The average molecular weight is 475 g/mol. The molecule has 1 unspecified atom stereocenters. The Morgan fingerprint density at radius 3 is 2.18 bits per heavy atom. The Hall–Kier alpha value is -3.66. The van der Waals surface area contributed by atoms with Crippen molar-refractivity contribution in [3.63, 3.8) is 0 Å². The minimum atomic E-state index is -3.98. The largest absolute Gasteiger partial charge is 0.493 e. The lowest BCUT2D eigenvalue weighted by Crippen LogP contribution is -2.32. The summed E-state index contributed by atoms with van der Waals surface area (Å²) in [5.41, 5.74) is 0.570. The molecule has 0 aliphatic carbocycles. The minimum Gasteiger partial charge on any atom is -0.493 e. The lowest BCUT2D eigenvalue weighted by atomic mass is 10.1. The summed E-state index contributed by atoms with van der Waals surface area (Å²) >= 11 is 0. The number of sulfone groups is 1. The molecule has 2 aromatic carbocycles. The second-order valence-corrected chi connectivity index (χ2v) is 9.03. The number of carbonyl (C=O) groups is 1. The van der Waals surface area contributed by atoms with Gasteiger partial charge in [-0.3, -0.25) is 9.78 Å². The molecular weight excluding hydrogens is 451 g/mol. The van der Waals surface area contributed by atoms with Crippen LogP contribution in [0.1, 0.15) is 21.2 Å². The number of methoxy groups -OCH3 is 3. The van der Waals surface area contributed by atoms with Gasteiger partial charge in [0.15, 0.2) is 21.3 Å². The summed E-state index contributed by atoms with van der Waals surface area (Å²) in [5.74, 6) is -0.210. The van der Waals surface area contributed by atoms with Gasteiger partial charge in [0.05, 0.1) is 26.2 Å². The van der Waals surface area contributed by atoms with Crippen LogP contribution in [0.15, 0.2) is 65.8 Å². The Labute approximate surface area is 191 Å². The van der Waals surface area contributed by atoms with Gasteiger partial charge in [-0.1, -0.05) is 6.07 Å². The molecule has 0 fully saturated rings. The van der Waals surface area contributed by atoms with Gasteiger partial charge in [0.25, 0.3) is 5.91 Å². The summed E-state index contributed by atoms with van der Waals surface area (Å²) in [7, 11) is 0.314. The van der Waals surface area contributed by atoms with Crippen molar-refractivity contribution in [2.75, 3.05) is 27.9 Å². The Morgan fingerprint density at radius 2 is 1.67 bits per heavy atom. The molecule has 10 heteroatoms. The lowest BCUT2D eigenvalue weighted by Gasteiger charge is -2.19. The van der Waals surface area contributed by atoms with Crippen molar-refractivity contribution in [3.8, 4) is 17.2 Å². The van der Waals surface area contributed by atoms with Crippen molar-refractivity contribution < 1.29 is 31.8 Å². The number of ether oxygens (including phenoxy) is 3. The maximum Gasteiger partial charge on any atom is 0.251 e. The highest BCUT2D eigenvalue weighted by atomic mass is 32.2. The Morgan fingerprint density at radius 1 is 1.03 bits per heavy atom. The molecule has 0 spiro atoms. The first-order valence-electron chi connectivity index (χ1n) is 9.79. The third-order valence-corrected chi connectivity index (χ3v) is 7.07. The van der Waals surface area contributed by atoms with Crippen molar-refractivity contribution in [1.29, 1.82) is 0 Å². The van der Waals surface area contributed by atoms with Gasteiger partial charge >= 0.3 is 0 Å². The van der Waals surface area contributed by atoms with E-state index in [4.69, 9.17) is 14.2 Å². The van der Waals surface area contributed by atoms with Crippen LogP contribution in [0.25, 0.3) is 0 Å². The number of nitrogens with one attached hydrogen (secondary N) is 1. The molecule has 8 nitrogen and oxygen atoms in total. The highest BCUT2D eigenvalue weighted by Crippen LogP contribution is 2.38. The van der Waals surface area contributed by atoms with Gasteiger partial charge in [-0.05, 0) is 48.0 Å². The molecule has 1 atom stereocenters. The molecule has 0 bridgehead atoms. The quantitative estimate of drug-likeness (QED) is 0.475. The van der Waals surface area contributed by atoms with Crippen LogP contribution in [-0.2, 0) is 9.84 Å². The third-order valence-electron chi connectivity index (χ3n) is 4.95. The maximum absolute atomic E-state index is 13.3. The fraction of sp³-hybridized carbons (Fsp3) is 0.217. The van der Waals surface area contributed by atoms with Crippen LogP contribution in [0.4, 0.5) is 4.39 Å². The van der Waals surface area contributed by atoms with Gasteiger partial charge in [0.2, 0.25) is 5.75 Å². The number of hydrogen-bond acceptors (Lipinski definition) is 7. The van der Waals surface area contributed by atoms with Gasteiger partial charge in [0.1, 0.15) is 11.1 Å². The van der Waals surface area contributed by atoms with Gasteiger partial charge in [-0.15, -0.1) is 0 Å². The summed E-state index contributed by atoms with van der Waals surface area (Å²) < 4.78 is 55.8. The normalized spacial score (nSPS) is 12.0. The molecule has 1 amide bonds. The van der Waals surface area contributed by atoms with E-state index in [0.717, 1.165) is 12.1 Å². The lowest BCUT2D eigenvalue weighted by molar-refractivity contribution is 0.0953. The summed E-state index contributed by atoms with van der Waals surface area (Å²) in [6.07, 6.45) is 2.93. The molecule has 0 aliphatic heterocycles. The molecule has 174 valence electrons. The number of hydrogen-bond donors (Lipinski definition) is 1. The van der Waals surface area contributed by atoms with Crippen molar-refractivity contribution >= 4 is 15.7 Å². The monoisotopic (exact) mass is 474 g/mol. The number of carbonyl (C=O) groups excluding carboxylic acids is 1. The molecule has 1 N–H and O–H groups in total. The van der Waals surface area contributed by atoms with Crippen molar-refractivity contribution in [1.82, 2.24) is 10.3 Å². The van der Waals surface area contributed by atoms with Crippen LogP contribution in [-0.4, -0.2) is 47.2 Å². The molecule has 1 heterocycles. The highest BCUT2D eigenvalue weighted by molar-refractivity contribution is 7.91. The molecule has 33 heavy (non-hydrogen) atoms. The van der Waals surface area contributed by atoms with Crippen LogP contribution >= 0.6 is 0 Å². The van der Waals surface area contributed by atoms with E-state index in [0.29, 0.717) is 11.3 Å². The Bertz CT molecular complexity index is 1190. The van der Waals surface area contributed by atoms with Gasteiger partial charge < -0.3 is 19.5 Å². The zero-order chi connectivity index (χ0) is 24.0. The van der Waals surface area contributed by atoms with Gasteiger partial charge in [-0.25, -0.2) is 12.8 Å². The van der Waals surface area contributed by atoms with Crippen molar-refractivity contribution in [2.45, 2.75) is 10.1 Å². The van der Waals surface area contributed by atoms with E-state index in [-0.39, 0.29) is 28.5 Å². The maximum atomic E-state index is 13.3. The number of pyridine rings is 1. The molecule has 0 aliphatic rings. The van der Waals surface area contributed by atoms with E-state index < -0.39 is 26.8 Å². The fourth-order valence-corrected chi connectivity index (χ4v) is 4.91. The number of halogens is 1. The topological polar surface area (TPSA) is 104 Å². The summed E-state index contributed by atoms with van der Waals surface area (Å²) in [6.45, 7) is -0.249. The molecule has 3 rings (SSSR count). The van der Waals surface area contributed by atoms with Crippen molar-refractivity contribution in [3.05, 3.63) is 77.9 Å². The van der Waals surface area contributed by atoms with E-state index in [1.165, 1.54) is 58.0 Å². The zero-order valence-corrected chi connectivity index (χ0v) is 19.1. The number of amides is 1. The van der Waals surface area contributed by atoms with E-state index in [1.807, 2.05) is 0 Å². The minimum absolute atomic E-state index is 0.0696. The highest BCUT2D eigenvalue weighted by Gasteiger charge is 2.30. The number of nitrogens with zero attached hydrogens (tertiary/aromatic N) is 1. The second kappa shape index (κ2) is 10.3. The van der Waals surface area contributed by atoms with E-state index in [9.17, 15) is 17.6 Å². The predicted molar refractivity (Wildman–Crippen MR) is 119 cm³/mol. The Balaban J connectivity index is 1.92. The molecule has 1 aromatic heterocycles. The number of aromatic nitrogens is 1. The standard InChI is InChI=1S/C23H23FN2O6S/c1-30-19-11-16(12-20(31-2)22(19)32-3)23(27)26-14-21(15-5-4-10-25-13-15)33(28,29)18-8-6-17(24)7-9-18/h4-13,21H,14H2,1-3H3,(H,26,27). The second-order valence-electron chi connectivity index (χ2n) is 6.90. The van der Waals surface area contributed by atoms with Crippen LogP contribution in [0.5, 0.6) is 17.2 Å². The zero-order valence-electron chi connectivity index (χ0n) is 18.2.